The maximum absolute atomic E-state index is 13.7. The number of ether oxygens (including phenoxy) is 1. The van der Waals surface area contributed by atoms with Gasteiger partial charge in [-0.15, -0.1) is 0 Å². The Labute approximate surface area is 116 Å². The van der Waals surface area contributed by atoms with Crippen LogP contribution in [0.3, 0.4) is 0 Å². The van der Waals surface area contributed by atoms with Crippen LogP contribution in [0.4, 0.5) is 9.18 Å². The summed E-state index contributed by atoms with van der Waals surface area (Å²) in [6.07, 6.45) is -0.579. The van der Waals surface area contributed by atoms with Gasteiger partial charge in [0.05, 0.1) is 18.7 Å². The van der Waals surface area contributed by atoms with E-state index in [1.807, 2.05) is 0 Å². The zero-order valence-electron chi connectivity index (χ0n) is 11.6. The van der Waals surface area contributed by atoms with Crippen molar-refractivity contribution in [3.8, 4) is 0 Å². The molecule has 0 aliphatic carbocycles. The summed E-state index contributed by atoms with van der Waals surface area (Å²) in [6.45, 7) is 5.27. The van der Waals surface area contributed by atoms with Crippen LogP contribution in [0.2, 0.25) is 0 Å². The molecule has 1 aliphatic rings. The number of aromatic carboxylic acids is 1. The molecule has 0 radical (unpaired) electrons. The van der Waals surface area contributed by atoms with Crippen LogP contribution in [0.1, 0.15) is 42.3 Å². The van der Waals surface area contributed by atoms with E-state index in [1.165, 1.54) is 11.0 Å². The third-order valence-corrected chi connectivity index (χ3v) is 2.95. The van der Waals surface area contributed by atoms with Gasteiger partial charge in [-0.1, -0.05) is 0 Å². The second-order valence-corrected chi connectivity index (χ2v) is 5.69. The first-order chi connectivity index (χ1) is 9.19. The van der Waals surface area contributed by atoms with Crippen LogP contribution < -0.4 is 0 Å². The molecule has 1 amide bonds. The number of carboxylic acids is 1. The average Bonchev–Trinajstić information content (AvgIpc) is 2.72. The minimum Gasteiger partial charge on any atom is -0.478 e. The monoisotopic (exact) mass is 281 g/mol. The summed E-state index contributed by atoms with van der Waals surface area (Å²) in [4.78, 5) is 24.4. The summed E-state index contributed by atoms with van der Waals surface area (Å²) in [5, 5.41) is 9.09. The van der Waals surface area contributed by atoms with Gasteiger partial charge in [0.15, 0.2) is 0 Å². The number of carbonyl (C=O) groups is 2. The van der Waals surface area contributed by atoms with E-state index in [9.17, 15) is 14.0 Å². The molecule has 0 saturated heterocycles. The van der Waals surface area contributed by atoms with Gasteiger partial charge in [0, 0.05) is 5.56 Å². The number of benzene rings is 1. The molecule has 5 nitrogen and oxygen atoms in total. The van der Waals surface area contributed by atoms with Gasteiger partial charge in [-0.05, 0) is 38.5 Å². The van der Waals surface area contributed by atoms with E-state index >= 15 is 0 Å². The van der Waals surface area contributed by atoms with E-state index < -0.39 is 23.5 Å². The van der Waals surface area contributed by atoms with Crippen molar-refractivity contribution in [2.75, 3.05) is 0 Å². The van der Waals surface area contributed by atoms with Crippen LogP contribution in [0.5, 0.6) is 0 Å². The van der Waals surface area contributed by atoms with Crippen LogP contribution in [0, 0.1) is 5.82 Å². The Hall–Kier alpha value is -2.11. The van der Waals surface area contributed by atoms with Crippen molar-refractivity contribution < 1.29 is 23.8 Å². The molecule has 2 rings (SSSR count). The number of fused-ring (bicyclic) bond motifs is 1. The highest BCUT2D eigenvalue weighted by Crippen LogP contribution is 2.29. The molecule has 1 N–H and O–H groups in total. The molecule has 0 fully saturated rings. The summed E-state index contributed by atoms with van der Waals surface area (Å²) in [6, 6.07) is 2.33. The standard InChI is InChI=1S/C14H16FNO4/c1-14(2,3)20-13(19)16-6-9-8(12(17)18)4-5-11(15)10(9)7-16/h4-5H,6-7H2,1-3H3,(H,17,18). The summed E-state index contributed by atoms with van der Waals surface area (Å²) in [7, 11) is 0. The third kappa shape index (κ3) is 2.74. The molecule has 0 atom stereocenters. The van der Waals surface area contributed by atoms with Crippen LogP contribution in [0.25, 0.3) is 0 Å². The molecular formula is C14H16FNO4. The van der Waals surface area contributed by atoms with Crippen molar-refractivity contribution in [2.24, 2.45) is 0 Å². The lowest BCUT2D eigenvalue weighted by atomic mass is 10.0. The SMILES string of the molecule is CC(C)(C)OC(=O)N1Cc2c(F)ccc(C(=O)O)c2C1. The van der Waals surface area contributed by atoms with Crippen molar-refractivity contribution in [3.05, 3.63) is 34.6 Å². The van der Waals surface area contributed by atoms with Crippen LogP contribution in [0.15, 0.2) is 12.1 Å². The highest BCUT2D eigenvalue weighted by atomic mass is 19.1. The summed E-state index contributed by atoms with van der Waals surface area (Å²) in [5.74, 6) is -1.64. The number of carboxylic acid groups (broad SMARTS) is 1. The lowest BCUT2D eigenvalue weighted by Crippen LogP contribution is -2.33. The molecule has 0 unspecified atom stereocenters. The van der Waals surface area contributed by atoms with Crippen LogP contribution in [-0.4, -0.2) is 27.7 Å². The quantitative estimate of drug-likeness (QED) is 0.859. The van der Waals surface area contributed by atoms with Gasteiger partial charge in [0.1, 0.15) is 11.4 Å². The van der Waals surface area contributed by atoms with Gasteiger partial charge < -0.3 is 9.84 Å². The minimum absolute atomic E-state index is 0.0208. The Morgan fingerprint density at radius 1 is 1.25 bits per heavy atom. The van der Waals surface area contributed by atoms with Gasteiger partial charge in [0.25, 0.3) is 0 Å². The zero-order chi connectivity index (χ0) is 15.1. The molecule has 1 aromatic rings. The van der Waals surface area contributed by atoms with Crippen molar-refractivity contribution in [3.63, 3.8) is 0 Å². The number of hydrogen-bond donors (Lipinski definition) is 1. The van der Waals surface area contributed by atoms with E-state index in [0.29, 0.717) is 5.56 Å². The summed E-state index contributed by atoms with van der Waals surface area (Å²) < 4.78 is 18.9. The van der Waals surface area contributed by atoms with Gasteiger partial charge in [-0.25, -0.2) is 14.0 Å². The van der Waals surface area contributed by atoms with E-state index in [2.05, 4.69) is 0 Å². The molecule has 1 aliphatic heterocycles. The van der Waals surface area contributed by atoms with Gasteiger partial charge >= 0.3 is 12.1 Å². The van der Waals surface area contributed by atoms with Crippen LogP contribution in [-0.2, 0) is 17.8 Å². The maximum Gasteiger partial charge on any atom is 0.410 e. The summed E-state index contributed by atoms with van der Waals surface area (Å²) >= 11 is 0. The molecule has 0 bridgehead atoms. The second-order valence-electron chi connectivity index (χ2n) is 5.69. The smallest absolute Gasteiger partial charge is 0.410 e. The molecule has 6 heteroatoms. The van der Waals surface area contributed by atoms with Gasteiger partial charge in [0.2, 0.25) is 0 Å². The zero-order valence-corrected chi connectivity index (χ0v) is 11.6. The van der Waals surface area contributed by atoms with Crippen molar-refractivity contribution >= 4 is 12.1 Å². The fourth-order valence-corrected chi connectivity index (χ4v) is 2.11. The highest BCUT2D eigenvalue weighted by Gasteiger charge is 2.32. The Kier molecular flexibility index (Phi) is 3.41. The molecule has 108 valence electrons. The maximum atomic E-state index is 13.7. The van der Waals surface area contributed by atoms with E-state index in [-0.39, 0.29) is 24.2 Å². The largest absolute Gasteiger partial charge is 0.478 e. The minimum atomic E-state index is -1.13. The molecule has 1 aromatic carbocycles. The molecule has 0 spiro atoms. The van der Waals surface area contributed by atoms with Crippen molar-refractivity contribution in [1.82, 2.24) is 4.90 Å². The topological polar surface area (TPSA) is 66.8 Å². The Bertz CT molecular complexity index is 577. The Balaban J connectivity index is 2.27. The van der Waals surface area contributed by atoms with Crippen molar-refractivity contribution in [2.45, 2.75) is 39.5 Å². The molecule has 1 heterocycles. The number of carbonyl (C=O) groups excluding carboxylic acids is 1. The lowest BCUT2D eigenvalue weighted by molar-refractivity contribution is 0.0240. The first-order valence-electron chi connectivity index (χ1n) is 6.20. The third-order valence-electron chi connectivity index (χ3n) is 2.95. The molecule has 0 saturated carbocycles. The number of halogens is 1. The molecular weight excluding hydrogens is 265 g/mol. The second kappa shape index (κ2) is 4.77. The predicted octanol–water partition coefficient (Wildman–Crippen LogP) is 2.77. The van der Waals surface area contributed by atoms with E-state index in [0.717, 1.165) is 6.07 Å². The Morgan fingerprint density at radius 3 is 2.40 bits per heavy atom. The van der Waals surface area contributed by atoms with Crippen molar-refractivity contribution in [1.29, 1.82) is 0 Å². The first-order valence-corrected chi connectivity index (χ1v) is 6.20. The fourth-order valence-electron chi connectivity index (χ4n) is 2.11. The molecule has 0 aromatic heterocycles. The normalized spacial score (nSPS) is 14.1. The predicted molar refractivity (Wildman–Crippen MR) is 68.8 cm³/mol. The fraction of sp³-hybridized carbons (Fsp3) is 0.429. The highest BCUT2D eigenvalue weighted by molar-refractivity contribution is 5.90. The van der Waals surface area contributed by atoms with Crippen LogP contribution >= 0.6 is 0 Å². The number of rotatable bonds is 1. The number of hydrogen-bond acceptors (Lipinski definition) is 3. The van der Waals surface area contributed by atoms with Gasteiger partial charge in [-0.2, -0.15) is 0 Å². The summed E-state index contributed by atoms with van der Waals surface area (Å²) in [5.41, 5.74) is -0.0494. The lowest BCUT2D eigenvalue weighted by Gasteiger charge is -2.24. The average molecular weight is 281 g/mol. The number of nitrogens with zero attached hydrogens (tertiary/aromatic N) is 1. The van der Waals surface area contributed by atoms with E-state index in [4.69, 9.17) is 9.84 Å². The first kappa shape index (κ1) is 14.3. The molecule has 20 heavy (non-hydrogen) atoms. The number of amides is 1. The van der Waals surface area contributed by atoms with E-state index in [1.54, 1.807) is 20.8 Å². The Morgan fingerprint density at radius 2 is 1.85 bits per heavy atom. The van der Waals surface area contributed by atoms with Gasteiger partial charge in [-0.3, -0.25) is 4.90 Å².